The molecule has 1 rings (SSSR count). The van der Waals surface area contributed by atoms with Crippen molar-refractivity contribution >= 4 is 24.8 Å². The molecule has 16 heavy (non-hydrogen) atoms. The molecule has 0 radical (unpaired) electrons. The van der Waals surface area contributed by atoms with Crippen LogP contribution < -0.4 is 10.5 Å². The molecule has 0 aliphatic heterocycles. The van der Waals surface area contributed by atoms with E-state index in [2.05, 4.69) is 4.98 Å². The molecule has 0 fully saturated rings. The lowest BCUT2D eigenvalue weighted by atomic mass is 9.98. The number of nitrogens with two attached hydrogens (primary N) is 1. The molecule has 1 aromatic heterocycles. The molecule has 6 heteroatoms. The highest BCUT2D eigenvalue weighted by Gasteiger charge is 2.17. The first-order valence-electron chi connectivity index (χ1n) is 4.51. The van der Waals surface area contributed by atoms with E-state index in [-0.39, 0.29) is 36.8 Å². The summed E-state index contributed by atoms with van der Waals surface area (Å²) in [5, 5.41) is 0. The maximum Gasteiger partial charge on any atom is 0.218 e. The van der Waals surface area contributed by atoms with E-state index in [4.69, 9.17) is 10.5 Å². The standard InChI is InChI=1S/C10H15FN2O.2ClH/c1-6(2)9(12)8-4-7(11)5-13-10(8)14-3;;/h4-6,9H,12H2,1-3H3;2*1H/t9-;;/m0../s1. The van der Waals surface area contributed by atoms with Crippen molar-refractivity contribution in [1.82, 2.24) is 4.98 Å². The van der Waals surface area contributed by atoms with Crippen molar-refractivity contribution < 1.29 is 9.13 Å². The van der Waals surface area contributed by atoms with Gasteiger partial charge in [0.2, 0.25) is 5.88 Å². The van der Waals surface area contributed by atoms with Gasteiger partial charge in [-0.05, 0) is 12.0 Å². The van der Waals surface area contributed by atoms with Crippen LogP contribution in [0.2, 0.25) is 0 Å². The number of halogens is 3. The Hall–Kier alpha value is -0.580. The van der Waals surface area contributed by atoms with Gasteiger partial charge in [-0.1, -0.05) is 13.8 Å². The number of rotatable bonds is 3. The van der Waals surface area contributed by atoms with E-state index in [1.165, 1.54) is 13.2 Å². The van der Waals surface area contributed by atoms with E-state index in [0.717, 1.165) is 6.20 Å². The number of pyridine rings is 1. The predicted molar refractivity (Wildman–Crippen MR) is 67.0 cm³/mol. The fourth-order valence-corrected chi connectivity index (χ4v) is 1.21. The molecule has 0 saturated heterocycles. The van der Waals surface area contributed by atoms with Crippen LogP contribution >= 0.6 is 24.8 Å². The number of nitrogens with zero attached hydrogens (tertiary/aromatic N) is 1. The van der Waals surface area contributed by atoms with Crippen molar-refractivity contribution in [3.8, 4) is 5.88 Å². The summed E-state index contributed by atoms with van der Waals surface area (Å²) in [6.07, 6.45) is 1.12. The second kappa shape index (κ2) is 7.65. The minimum absolute atomic E-state index is 0. The first-order valence-corrected chi connectivity index (χ1v) is 4.51. The normalized spacial score (nSPS) is 11.4. The van der Waals surface area contributed by atoms with Crippen LogP contribution in [-0.4, -0.2) is 12.1 Å². The average Bonchev–Trinajstić information content (AvgIpc) is 2.16. The molecule has 0 aliphatic carbocycles. The van der Waals surface area contributed by atoms with Crippen molar-refractivity contribution in [2.45, 2.75) is 19.9 Å². The van der Waals surface area contributed by atoms with Crippen LogP contribution in [0.25, 0.3) is 0 Å². The van der Waals surface area contributed by atoms with E-state index in [0.29, 0.717) is 11.4 Å². The molecule has 94 valence electrons. The van der Waals surface area contributed by atoms with Crippen molar-refractivity contribution in [2.24, 2.45) is 11.7 Å². The van der Waals surface area contributed by atoms with Crippen molar-refractivity contribution in [3.63, 3.8) is 0 Å². The Morgan fingerprint density at radius 2 is 1.94 bits per heavy atom. The molecule has 0 unspecified atom stereocenters. The summed E-state index contributed by atoms with van der Waals surface area (Å²) in [5.74, 6) is 0.219. The molecule has 1 aromatic rings. The van der Waals surface area contributed by atoms with Crippen LogP contribution in [-0.2, 0) is 0 Å². The van der Waals surface area contributed by atoms with Crippen LogP contribution in [0.3, 0.4) is 0 Å². The summed E-state index contributed by atoms with van der Waals surface area (Å²) in [4.78, 5) is 3.82. The van der Waals surface area contributed by atoms with Gasteiger partial charge < -0.3 is 10.5 Å². The zero-order chi connectivity index (χ0) is 10.7. The monoisotopic (exact) mass is 270 g/mol. The smallest absolute Gasteiger partial charge is 0.218 e. The average molecular weight is 271 g/mol. The minimum Gasteiger partial charge on any atom is -0.481 e. The molecule has 2 N–H and O–H groups in total. The van der Waals surface area contributed by atoms with E-state index < -0.39 is 5.82 Å². The largest absolute Gasteiger partial charge is 0.481 e. The number of aromatic nitrogens is 1. The topological polar surface area (TPSA) is 48.1 Å². The first kappa shape index (κ1) is 17.8. The molecular weight excluding hydrogens is 254 g/mol. The fourth-order valence-electron chi connectivity index (χ4n) is 1.21. The Morgan fingerprint density at radius 1 is 1.38 bits per heavy atom. The molecule has 0 aromatic carbocycles. The molecule has 0 saturated carbocycles. The van der Waals surface area contributed by atoms with Gasteiger partial charge in [0.05, 0.1) is 13.3 Å². The lowest BCUT2D eigenvalue weighted by Gasteiger charge is -2.17. The lowest BCUT2D eigenvalue weighted by Crippen LogP contribution is -2.18. The van der Waals surface area contributed by atoms with Crippen molar-refractivity contribution in [2.75, 3.05) is 7.11 Å². The van der Waals surface area contributed by atoms with Crippen LogP contribution in [0.1, 0.15) is 25.5 Å². The fraction of sp³-hybridized carbons (Fsp3) is 0.500. The van der Waals surface area contributed by atoms with E-state index in [9.17, 15) is 4.39 Å². The second-order valence-corrected chi connectivity index (χ2v) is 3.52. The summed E-state index contributed by atoms with van der Waals surface area (Å²) >= 11 is 0. The van der Waals surface area contributed by atoms with Gasteiger partial charge >= 0.3 is 0 Å². The highest BCUT2D eigenvalue weighted by Crippen LogP contribution is 2.26. The highest BCUT2D eigenvalue weighted by molar-refractivity contribution is 5.85. The maximum absolute atomic E-state index is 12.9. The van der Waals surface area contributed by atoms with Gasteiger partial charge in [-0.25, -0.2) is 9.37 Å². The maximum atomic E-state index is 12.9. The molecule has 3 nitrogen and oxygen atoms in total. The van der Waals surface area contributed by atoms with Crippen LogP contribution in [0.5, 0.6) is 5.88 Å². The number of hydrogen-bond acceptors (Lipinski definition) is 3. The summed E-state index contributed by atoms with van der Waals surface area (Å²) in [5.41, 5.74) is 6.51. The molecule has 0 amide bonds. The highest BCUT2D eigenvalue weighted by atomic mass is 35.5. The van der Waals surface area contributed by atoms with Gasteiger partial charge in [-0.3, -0.25) is 0 Å². The Morgan fingerprint density at radius 3 is 2.38 bits per heavy atom. The van der Waals surface area contributed by atoms with E-state index >= 15 is 0 Å². The second-order valence-electron chi connectivity index (χ2n) is 3.52. The summed E-state index contributed by atoms with van der Waals surface area (Å²) < 4.78 is 17.9. The molecule has 0 aliphatic rings. The van der Waals surface area contributed by atoms with Crippen molar-refractivity contribution in [1.29, 1.82) is 0 Å². The number of methoxy groups -OCH3 is 1. The van der Waals surface area contributed by atoms with Gasteiger partial charge in [0.25, 0.3) is 0 Å². The molecule has 1 atom stereocenters. The zero-order valence-corrected chi connectivity index (χ0v) is 11.1. The Balaban J connectivity index is 0. The van der Waals surface area contributed by atoms with Gasteiger partial charge in [0.15, 0.2) is 0 Å². The first-order chi connectivity index (χ1) is 6.56. The number of ether oxygens (including phenoxy) is 1. The molecular formula is C10H17Cl2FN2O. The Kier molecular flexibility index (Phi) is 8.52. The predicted octanol–water partition coefficient (Wildman–Crippen LogP) is 2.73. The summed E-state index contributed by atoms with van der Waals surface area (Å²) in [6.45, 7) is 3.93. The zero-order valence-electron chi connectivity index (χ0n) is 9.44. The van der Waals surface area contributed by atoms with Crippen LogP contribution in [0.15, 0.2) is 12.3 Å². The third-order valence-electron chi connectivity index (χ3n) is 2.12. The van der Waals surface area contributed by atoms with Crippen molar-refractivity contribution in [3.05, 3.63) is 23.6 Å². The quantitative estimate of drug-likeness (QED) is 0.919. The summed E-state index contributed by atoms with van der Waals surface area (Å²) in [7, 11) is 1.50. The molecule has 1 heterocycles. The SMILES string of the molecule is COc1ncc(F)cc1[C@@H](N)C(C)C.Cl.Cl. The van der Waals surface area contributed by atoms with Crippen LogP contribution in [0.4, 0.5) is 4.39 Å². The Labute approximate surface area is 107 Å². The van der Waals surface area contributed by atoms with Gasteiger partial charge in [-0.2, -0.15) is 0 Å². The number of hydrogen-bond donors (Lipinski definition) is 1. The molecule has 0 spiro atoms. The lowest BCUT2D eigenvalue weighted by molar-refractivity contribution is 0.377. The Bertz CT molecular complexity index is 324. The summed E-state index contributed by atoms with van der Waals surface area (Å²) in [6, 6.07) is 1.12. The van der Waals surface area contributed by atoms with E-state index in [1.807, 2.05) is 13.8 Å². The minimum atomic E-state index is -0.392. The van der Waals surface area contributed by atoms with Gasteiger partial charge in [0, 0.05) is 11.6 Å². The third kappa shape index (κ3) is 4.12. The van der Waals surface area contributed by atoms with Gasteiger partial charge in [-0.15, -0.1) is 24.8 Å². The molecule has 0 bridgehead atoms. The van der Waals surface area contributed by atoms with Crippen LogP contribution in [0, 0.1) is 11.7 Å². The van der Waals surface area contributed by atoms with Gasteiger partial charge in [0.1, 0.15) is 5.82 Å². The third-order valence-corrected chi connectivity index (χ3v) is 2.12. The van der Waals surface area contributed by atoms with E-state index in [1.54, 1.807) is 0 Å².